The summed E-state index contributed by atoms with van der Waals surface area (Å²) >= 11 is 0. The van der Waals surface area contributed by atoms with Crippen molar-refractivity contribution in [1.82, 2.24) is 10.1 Å². The summed E-state index contributed by atoms with van der Waals surface area (Å²) in [5.41, 5.74) is 6.51. The Kier molecular flexibility index (Phi) is 5.53. The Morgan fingerprint density at radius 1 is 1.11 bits per heavy atom. The third-order valence-electron chi connectivity index (χ3n) is 4.20. The van der Waals surface area contributed by atoms with E-state index in [4.69, 9.17) is 10.3 Å². The molecule has 0 fully saturated rings. The molecule has 3 rings (SSSR count). The fourth-order valence-corrected chi connectivity index (χ4v) is 2.39. The first-order valence-corrected chi connectivity index (χ1v) is 8.42. The molecule has 0 spiro atoms. The van der Waals surface area contributed by atoms with Crippen molar-refractivity contribution >= 4 is 23.4 Å². The fourth-order valence-electron chi connectivity index (χ4n) is 2.39. The molecule has 0 unspecified atom stereocenters. The van der Waals surface area contributed by atoms with E-state index >= 15 is 0 Å². The van der Waals surface area contributed by atoms with Crippen LogP contribution in [0, 0.1) is 0 Å². The molecule has 9 heteroatoms. The molecular weight excluding hydrogens is 368 g/mol. The average Bonchev–Trinajstić information content (AvgIpc) is 3.17. The smallest absolute Gasteiger partial charge is 0.324 e. The molecule has 7 nitrogen and oxygen atoms in total. The van der Waals surface area contributed by atoms with E-state index in [2.05, 4.69) is 20.8 Å². The largest absolute Gasteiger partial charge is 0.384 e. The topological polar surface area (TPSA) is 106 Å². The van der Waals surface area contributed by atoms with Crippen molar-refractivity contribution in [3.63, 3.8) is 0 Å². The number of aromatic nitrogens is 2. The molecule has 2 amide bonds. The number of nitrogens with one attached hydrogen (secondary N) is 2. The summed E-state index contributed by atoms with van der Waals surface area (Å²) in [5, 5.41) is 8.72. The van der Waals surface area contributed by atoms with Crippen molar-refractivity contribution < 1.29 is 18.1 Å². The van der Waals surface area contributed by atoms with Crippen molar-refractivity contribution in [2.24, 2.45) is 0 Å². The van der Waals surface area contributed by atoms with Gasteiger partial charge in [-0.1, -0.05) is 17.3 Å². The first-order valence-electron chi connectivity index (χ1n) is 8.42. The van der Waals surface area contributed by atoms with Gasteiger partial charge in [-0.05, 0) is 36.8 Å². The van der Waals surface area contributed by atoms with Gasteiger partial charge in [0, 0.05) is 23.5 Å². The number of hydrogen-bond acceptors (Lipinski definition) is 5. The Labute approximate surface area is 159 Å². The van der Waals surface area contributed by atoms with Crippen molar-refractivity contribution in [3.8, 4) is 11.1 Å². The molecule has 0 aliphatic heterocycles. The zero-order chi connectivity index (χ0) is 20.1. The molecule has 4 N–H and O–H groups in total. The van der Waals surface area contributed by atoms with Gasteiger partial charge >= 0.3 is 6.03 Å². The predicted molar refractivity (Wildman–Crippen MR) is 103 cm³/mol. The molecule has 28 heavy (non-hydrogen) atoms. The Bertz CT molecular complexity index is 938. The number of carbonyl (C=O) groups is 1. The number of amides is 2. The number of alkyl halides is 2. The van der Waals surface area contributed by atoms with E-state index in [0.717, 1.165) is 11.1 Å². The number of nitrogens with zero attached hydrogens (tertiary/aromatic N) is 2. The highest BCUT2D eigenvalue weighted by molar-refractivity contribution is 5.99. The van der Waals surface area contributed by atoms with Gasteiger partial charge in [0.05, 0.1) is 5.41 Å². The van der Waals surface area contributed by atoms with Crippen LogP contribution < -0.4 is 16.4 Å². The lowest BCUT2D eigenvalue weighted by atomic mass is 9.91. The van der Waals surface area contributed by atoms with Gasteiger partial charge in [0.2, 0.25) is 0 Å². The Morgan fingerprint density at radius 3 is 2.39 bits per heavy atom. The number of carbonyl (C=O) groups excluding carboxylic acids is 1. The van der Waals surface area contributed by atoms with E-state index in [1.165, 1.54) is 13.0 Å². The maximum Gasteiger partial charge on any atom is 0.324 e. The SMILES string of the molecule is CC(CF)(CF)c1cc(NC(=O)Nc2ccc(-c3ccc(N)nc3)cc2)no1. The average molecular weight is 387 g/mol. The van der Waals surface area contributed by atoms with Crippen LogP contribution in [0.1, 0.15) is 12.7 Å². The van der Waals surface area contributed by atoms with Crippen molar-refractivity contribution in [2.45, 2.75) is 12.3 Å². The first kappa shape index (κ1) is 19.3. The van der Waals surface area contributed by atoms with Gasteiger partial charge in [-0.15, -0.1) is 0 Å². The molecule has 0 aliphatic carbocycles. The minimum atomic E-state index is -1.42. The second kappa shape index (κ2) is 8.03. The molecule has 146 valence electrons. The summed E-state index contributed by atoms with van der Waals surface area (Å²) in [6.07, 6.45) is 1.66. The van der Waals surface area contributed by atoms with Gasteiger partial charge in [-0.25, -0.2) is 18.6 Å². The number of anilines is 3. The zero-order valence-electron chi connectivity index (χ0n) is 15.1. The third kappa shape index (κ3) is 4.25. The molecule has 3 aromatic rings. The number of hydrogen-bond donors (Lipinski definition) is 3. The highest BCUT2D eigenvalue weighted by Gasteiger charge is 2.32. The van der Waals surface area contributed by atoms with E-state index < -0.39 is 24.8 Å². The van der Waals surface area contributed by atoms with E-state index in [9.17, 15) is 13.6 Å². The van der Waals surface area contributed by atoms with E-state index in [0.29, 0.717) is 11.5 Å². The maximum atomic E-state index is 13.0. The van der Waals surface area contributed by atoms with Crippen LogP contribution in [0.2, 0.25) is 0 Å². The number of nitrogen functional groups attached to an aromatic ring is 1. The minimum absolute atomic E-state index is 0.0225. The molecule has 1 aromatic carbocycles. The van der Waals surface area contributed by atoms with Crippen molar-refractivity contribution in [2.75, 3.05) is 29.7 Å². The van der Waals surface area contributed by atoms with Crippen LogP contribution in [-0.2, 0) is 5.41 Å². The van der Waals surface area contributed by atoms with Crippen LogP contribution >= 0.6 is 0 Å². The van der Waals surface area contributed by atoms with Gasteiger partial charge < -0.3 is 15.6 Å². The van der Waals surface area contributed by atoms with Gasteiger partial charge in [0.25, 0.3) is 0 Å². The summed E-state index contributed by atoms with van der Waals surface area (Å²) in [4.78, 5) is 16.1. The molecule has 0 bridgehead atoms. The van der Waals surface area contributed by atoms with E-state index in [1.807, 2.05) is 18.2 Å². The number of benzene rings is 1. The van der Waals surface area contributed by atoms with Crippen LogP contribution in [0.5, 0.6) is 0 Å². The van der Waals surface area contributed by atoms with Crippen molar-refractivity contribution in [3.05, 3.63) is 54.4 Å². The summed E-state index contributed by atoms with van der Waals surface area (Å²) < 4.78 is 31.0. The molecule has 2 heterocycles. The quantitative estimate of drug-likeness (QED) is 0.589. The molecule has 0 radical (unpaired) electrons. The number of urea groups is 1. The lowest BCUT2D eigenvalue weighted by molar-refractivity contribution is 0.206. The van der Waals surface area contributed by atoms with Crippen LogP contribution in [-0.4, -0.2) is 29.5 Å². The molecule has 0 saturated heterocycles. The fraction of sp³-hybridized carbons (Fsp3) is 0.211. The summed E-state index contributed by atoms with van der Waals surface area (Å²) in [5.74, 6) is 0.521. The van der Waals surface area contributed by atoms with Crippen LogP contribution in [0.25, 0.3) is 11.1 Å². The normalized spacial score (nSPS) is 11.2. The summed E-state index contributed by atoms with van der Waals surface area (Å²) in [6.45, 7) is -0.518. The Hall–Kier alpha value is -3.49. The lowest BCUT2D eigenvalue weighted by Crippen LogP contribution is -2.26. The van der Waals surface area contributed by atoms with Crippen LogP contribution in [0.15, 0.2) is 53.2 Å². The van der Waals surface area contributed by atoms with Gasteiger partial charge in [0.1, 0.15) is 24.9 Å². The van der Waals surface area contributed by atoms with E-state index in [1.54, 1.807) is 24.4 Å². The Morgan fingerprint density at radius 2 is 1.79 bits per heavy atom. The van der Waals surface area contributed by atoms with E-state index in [-0.39, 0.29) is 11.6 Å². The standard InChI is InChI=1S/C19H19F2N5O2/c1-19(10-20,11-21)15-8-17(26-28-15)25-18(27)24-14-5-2-12(3-6-14)13-4-7-16(22)23-9-13/h2-9H,10-11H2,1H3,(H2,22,23)(H2,24,25,26,27). The highest BCUT2D eigenvalue weighted by atomic mass is 19.1. The zero-order valence-corrected chi connectivity index (χ0v) is 15.1. The number of pyridine rings is 1. The van der Waals surface area contributed by atoms with Crippen molar-refractivity contribution in [1.29, 1.82) is 0 Å². The number of nitrogens with two attached hydrogens (primary N) is 1. The molecule has 0 saturated carbocycles. The lowest BCUT2D eigenvalue weighted by Gasteiger charge is -2.17. The monoisotopic (exact) mass is 387 g/mol. The predicted octanol–water partition coefficient (Wildman–Crippen LogP) is 4.16. The number of halogens is 2. The first-order chi connectivity index (χ1) is 13.4. The third-order valence-corrected chi connectivity index (χ3v) is 4.20. The van der Waals surface area contributed by atoms with Gasteiger partial charge in [-0.3, -0.25) is 5.32 Å². The second-order valence-corrected chi connectivity index (χ2v) is 6.53. The summed E-state index contributed by atoms with van der Waals surface area (Å²) in [7, 11) is 0. The molecular formula is C19H19F2N5O2. The van der Waals surface area contributed by atoms with Crippen LogP contribution in [0.3, 0.4) is 0 Å². The molecule has 0 aliphatic rings. The number of rotatable bonds is 6. The van der Waals surface area contributed by atoms with Gasteiger partial charge in [0.15, 0.2) is 5.82 Å². The van der Waals surface area contributed by atoms with Gasteiger partial charge in [-0.2, -0.15) is 0 Å². The maximum absolute atomic E-state index is 13.0. The Balaban J connectivity index is 1.62. The van der Waals surface area contributed by atoms with Crippen LogP contribution in [0.4, 0.5) is 30.9 Å². The molecule has 2 aromatic heterocycles. The second-order valence-electron chi connectivity index (χ2n) is 6.53. The summed E-state index contributed by atoms with van der Waals surface area (Å²) in [6, 6.07) is 11.4. The minimum Gasteiger partial charge on any atom is -0.384 e. The highest BCUT2D eigenvalue weighted by Crippen LogP contribution is 2.27. The molecule has 0 atom stereocenters.